The minimum atomic E-state index is -0.303. The highest BCUT2D eigenvalue weighted by molar-refractivity contribution is 5.94. The van der Waals surface area contributed by atoms with Gasteiger partial charge in [0.25, 0.3) is 5.91 Å². The van der Waals surface area contributed by atoms with Gasteiger partial charge in [0.2, 0.25) is 0 Å². The van der Waals surface area contributed by atoms with E-state index in [0.717, 1.165) is 11.3 Å². The molecule has 1 aromatic carbocycles. The monoisotopic (exact) mass is 269 g/mol. The third-order valence-corrected chi connectivity index (χ3v) is 2.51. The molecule has 0 fully saturated rings. The SMILES string of the molecule is CCOc1ccccc1/C=N/NC(=O)c1cccnc1. The van der Waals surface area contributed by atoms with Crippen LogP contribution in [0.5, 0.6) is 5.75 Å². The van der Waals surface area contributed by atoms with E-state index < -0.39 is 0 Å². The summed E-state index contributed by atoms with van der Waals surface area (Å²) in [6.45, 7) is 2.49. The Bertz CT molecular complexity index is 597. The summed E-state index contributed by atoms with van der Waals surface area (Å²) >= 11 is 0. The van der Waals surface area contributed by atoms with Gasteiger partial charge in [-0.1, -0.05) is 12.1 Å². The lowest BCUT2D eigenvalue weighted by atomic mass is 10.2. The van der Waals surface area contributed by atoms with Crippen molar-refractivity contribution in [1.82, 2.24) is 10.4 Å². The third-order valence-electron chi connectivity index (χ3n) is 2.51. The van der Waals surface area contributed by atoms with Crippen molar-refractivity contribution in [3.8, 4) is 5.75 Å². The Kier molecular flexibility index (Phi) is 4.83. The Balaban J connectivity index is 2.02. The lowest BCUT2D eigenvalue weighted by molar-refractivity contribution is 0.0954. The second kappa shape index (κ2) is 7.04. The number of amides is 1. The predicted molar refractivity (Wildman–Crippen MR) is 76.9 cm³/mol. The van der Waals surface area contributed by atoms with Crippen molar-refractivity contribution in [2.75, 3.05) is 6.61 Å². The van der Waals surface area contributed by atoms with Crippen molar-refractivity contribution in [3.63, 3.8) is 0 Å². The lowest BCUT2D eigenvalue weighted by Crippen LogP contribution is -2.17. The quantitative estimate of drug-likeness (QED) is 0.669. The zero-order valence-electron chi connectivity index (χ0n) is 11.1. The van der Waals surface area contributed by atoms with Crippen LogP contribution in [0.2, 0.25) is 0 Å². The molecule has 5 heteroatoms. The van der Waals surface area contributed by atoms with E-state index >= 15 is 0 Å². The molecule has 0 radical (unpaired) electrons. The number of rotatable bonds is 5. The van der Waals surface area contributed by atoms with Crippen LogP contribution in [-0.2, 0) is 0 Å². The molecule has 20 heavy (non-hydrogen) atoms. The zero-order valence-corrected chi connectivity index (χ0v) is 11.1. The number of hydrazone groups is 1. The molecule has 0 saturated carbocycles. The van der Waals surface area contributed by atoms with Crippen molar-refractivity contribution in [2.45, 2.75) is 6.92 Å². The maximum atomic E-state index is 11.7. The largest absolute Gasteiger partial charge is 0.493 e. The first-order valence-corrected chi connectivity index (χ1v) is 6.26. The van der Waals surface area contributed by atoms with Crippen LogP contribution in [0, 0.1) is 0 Å². The van der Waals surface area contributed by atoms with Gasteiger partial charge in [-0.15, -0.1) is 0 Å². The van der Waals surface area contributed by atoms with E-state index in [-0.39, 0.29) is 5.91 Å². The first-order valence-electron chi connectivity index (χ1n) is 6.26. The second-order valence-electron chi connectivity index (χ2n) is 3.91. The van der Waals surface area contributed by atoms with E-state index in [2.05, 4.69) is 15.5 Å². The number of carbonyl (C=O) groups excluding carboxylic acids is 1. The molecule has 1 amide bonds. The van der Waals surface area contributed by atoms with Gasteiger partial charge in [0.1, 0.15) is 5.75 Å². The van der Waals surface area contributed by atoms with Crippen LogP contribution in [0.3, 0.4) is 0 Å². The number of carbonyl (C=O) groups is 1. The summed E-state index contributed by atoms with van der Waals surface area (Å²) in [6, 6.07) is 10.9. The van der Waals surface area contributed by atoms with E-state index in [9.17, 15) is 4.79 Å². The Morgan fingerprint density at radius 2 is 2.20 bits per heavy atom. The number of para-hydroxylation sites is 1. The average Bonchev–Trinajstić information content (AvgIpc) is 2.50. The smallest absolute Gasteiger partial charge is 0.272 e. The maximum absolute atomic E-state index is 11.7. The van der Waals surface area contributed by atoms with Crippen molar-refractivity contribution in [2.24, 2.45) is 5.10 Å². The number of hydrogen-bond donors (Lipinski definition) is 1. The fourth-order valence-electron chi connectivity index (χ4n) is 1.60. The van der Waals surface area contributed by atoms with Crippen LogP contribution < -0.4 is 10.2 Å². The fourth-order valence-corrected chi connectivity index (χ4v) is 1.60. The summed E-state index contributed by atoms with van der Waals surface area (Å²) < 4.78 is 5.47. The molecule has 0 atom stereocenters. The van der Waals surface area contributed by atoms with Crippen LogP contribution >= 0.6 is 0 Å². The summed E-state index contributed by atoms with van der Waals surface area (Å²) in [6.07, 6.45) is 4.65. The molecule has 0 aliphatic rings. The van der Waals surface area contributed by atoms with E-state index in [1.165, 1.54) is 6.20 Å². The molecule has 0 aliphatic heterocycles. The first-order chi connectivity index (χ1) is 9.81. The van der Waals surface area contributed by atoms with Gasteiger partial charge in [-0.05, 0) is 31.2 Å². The molecule has 1 N–H and O–H groups in total. The van der Waals surface area contributed by atoms with Gasteiger partial charge in [0.15, 0.2) is 0 Å². The van der Waals surface area contributed by atoms with Gasteiger partial charge in [-0.25, -0.2) is 5.43 Å². The summed E-state index contributed by atoms with van der Waals surface area (Å²) in [5.74, 6) is 0.428. The summed E-state index contributed by atoms with van der Waals surface area (Å²) in [7, 11) is 0. The number of benzene rings is 1. The number of hydrogen-bond acceptors (Lipinski definition) is 4. The average molecular weight is 269 g/mol. The summed E-state index contributed by atoms with van der Waals surface area (Å²) in [4.78, 5) is 15.6. The van der Waals surface area contributed by atoms with Crippen molar-refractivity contribution in [1.29, 1.82) is 0 Å². The van der Waals surface area contributed by atoms with Crippen molar-refractivity contribution in [3.05, 3.63) is 59.9 Å². The molecule has 0 bridgehead atoms. The summed E-state index contributed by atoms with van der Waals surface area (Å²) in [5.41, 5.74) is 3.72. The van der Waals surface area contributed by atoms with Gasteiger partial charge in [0, 0.05) is 18.0 Å². The van der Waals surface area contributed by atoms with Crippen LogP contribution in [0.1, 0.15) is 22.8 Å². The molecule has 2 rings (SSSR count). The van der Waals surface area contributed by atoms with E-state index in [0.29, 0.717) is 12.2 Å². The highest BCUT2D eigenvalue weighted by Crippen LogP contribution is 2.15. The van der Waals surface area contributed by atoms with Gasteiger partial charge in [-0.3, -0.25) is 9.78 Å². The normalized spacial score (nSPS) is 10.4. The molecule has 2 aromatic rings. The van der Waals surface area contributed by atoms with Crippen molar-refractivity contribution >= 4 is 12.1 Å². The lowest BCUT2D eigenvalue weighted by Gasteiger charge is -2.05. The highest BCUT2D eigenvalue weighted by Gasteiger charge is 2.03. The van der Waals surface area contributed by atoms with E-state index in [4.69, 9.17) is 4.74 Å². The molecular weight excluding hydrogens is 254 g/mol. The topological polar surface area (TPSA) is 63.6 Å². The number of pyridine rings is 1. The maximum Gasteiger partial charge on any atom is 0.272 e. The molecule has 0 spiro atoms. The fraction of sp³-hybridized carbons (Fsp3) is 0.133. The van der Waals surface area contributed by atoms with Crippen LogP contribution in [0.25, 0.3) is 0 Å². The number of nitrogens with one attached hydrogen (secondary N) is 1. The van der Waals surface area contributed by atoms with Gasteiger partial charge < -0.3 is 4.74 Å². The van der Waals surface area contributed by atoms with Crippen LogP contribution in [0.15, 0.2) is 53.9 Å². The predicted octanol–water partition coefficient (Wildman–Crippen LogP) is 2.24. The standard InChI is InChI=1S/C15H15N3O2/c1-2-20-14-8-4-3-6-12(14)11-17-18-15(19)13-7-5-9-16-10-13/h3-11H,2H2,1H3,(H,18,19)/b17-11+. The molecule has 5 nitrogen and oxygen atoms in total. The first kappa shape index (κ1) is 13.7. The molecule has 1 heterocycles. The number of ether oxygens (including phenoxy) is 1. The van der Waals surface area contributed by atoms with E-state index in [1.54, 1.807) is 24.5 Å². The molecule has 0 unspecified atom stereocenters. The van der Waals surface area contributed by atoms with E-state index in [1.807, 2.05) is 31.2 Å². The Morgan fingerprint density at radius 3 is 2.95 bits per heavy atom. The zero-order chi connectivity index (χ0) is 14.2. The van der Waals surface area contributed by atoms with Gasteiger partial charge in [0.05, 0.1) is 18.4 Å². The molecule has 0 saturated heterocycles. The van der Waals surface area contributed by atoms with Crippen LogP contribution in [0.4, 0.5) is 0 Å². The molecule has 0 aliphatic carbocycles. The second-order valence-corrected chi connectivity index (χ2v) is 3.91. The third kappa shape index (κ3) is 3.65. The molecule has 102 valence electrons. The van der Waals surface area contributed by atoms with Crippen molar-refractivity contribution < 1.29 is 9.53 Å². The molecular formula is C15H15N3O2. The van der Waals surface area contributed by atoms with Gasteiger partial charge >= 0.3 is 0 Å². The van der Waals surface area contributed by atoms with Crippen LogP contribution in [-0.4, -0.2) is 23.7 Å². The highest BCUT2D eigenvalue weighted by atomic mass is 16.5. The minimum absolute atomic E-state index is 0.303. The Morgan fingerprint density at radius 1 is 1.35 bits per heavy atom. The Hall–Kier alpha value is -2.69. The summed E-state index contributed by atoms with van der Waals surface area (Å²) in [5, 5.41) is 3.93. The minimum Gasteiger partial charge on any atom is -0.493 e. The van der Waals surface area contributed by atoms with Gasteiger partial charge in [-0.2, -0.15) is 5.10 Å². The number of aromatic nitrogens is 1. The molecule has 1 aromatic heterocycles. The Labute approximate surface area is 117 Å². The number of nitrogens with zero attached hydrogens (tertiary/aromatic N) is 2.